The van der Waals surface area contributed by atoms with Crippen LogP contribution in [0.3, 0.4) is 0 Å². The van der Waals surface area contributed by atoms with Crippen molar-refractivity contribution < 1.29 is 14.6 Å². The average Bonchev–Trinajstić information content (AvgIpc) is 3.44. The summed E-state index contributed by atoms with van der Waals surface area (Å²) >= 11 is 0. The number of epoxide rings is 1. The SMILES string of the molecule is CC1(C(O)/C=C\CCC(C)(C)[Si](O)(c2ccccc2)c2ccccc2)CO1. The van der Waals surface area contributed by atoms with Gasteiger partial charge in [0.2, 0.25) is 0 Å². The smallest absolute Gasteiger partial charge is 0.258 e. The Morgan fingerprint density at radius 3 is 2.00 bits per heavy atom. The van der Waals surface area contributed by atoms with Crippen LogP contribution >= 0.6 is 0 Å². The van der Waals surface area contributed by atoms with Gasteiger partial charge in [-0.25, -0.2) is 0 Å². The van der Waals surface area contributed by atoms with Gasteiger partial charge in [0, 0.05) is 0 Å². The number of hydrogen-bond donors (Lipinski definition) is 2. The van der Waals surface area contributed by atoms with Crippen LogP contribution in [0, 0.1) is 0 Å². The van der Waals surface area contributed by atoms with Crippen LogP contribution in [0.1, 0.15) is 33.6 Å². The van der Waals surface area contributed by atoms with Crippen LogP contribution in [-0.2, 0) is 4.74 Å². The van der Waals surface area contributed by atoms with Crippen LogP contribution < -0.4 is 10.4 Å². The topological polar surface area (TPSA) is 53.0 Å². The zero-order valence-corrected chi connectivity index (χ0v) is 17.4. The summed E-state index contributed by atoms with van der Waals surface area (Å²) in [6, 6.07) is 20.2. The Morgan fingerprint density at radius 1 is 1.07 bits per heavy atom. The number of rotatable bonds is 8. The lowest BCUT2D eigenvalue weighted by molar-refractivity contribution is 0.123. The molecule has 0 spiro atoms. The maximum atomic E-state index is 12.1. The molecule has 0 amide bonds. The van der Waals surface area contributed by atoms with Gasteiger partial charge in [-0.1, -0.05) is 86.7 Å². The van der Waals surface area contributed by atoms with Gasteiger partial charge in [-0.05, 0) is 35.2 Å². The summed E-state index contributed by atoms with van der Waals surface area (Å²) in [5.41, 5.74) is -0.407. The molecule has 1 heterocycles. The third-order valence-corrected chi connectivity index (χ3v) is 10.4. The van der Waals surface area contributed by atoms with Crippen molar-refractivity contribution in [2.75, 3.05) is 6.61 Å². The van der Waals surface area contributed by atoms with Crippen LogP contribution in [0.4, 0.5) is 0 Å². The molecular weight excluding hydrogens is 352 g/mol. The molecule has 4 heteroatoms. The first-order chi connectivity index (χ1) is 12.8. The highest BCUT2D eigenvalue weighted by molar-refractivity contribution is 6.98. The van der Waals surface area contributed by atoms with Gasteiger partial charge in [0.15, 0.2) is 0 Å². The van der Waals surface area contributed by atoms with Crippen LogP contribution in [0.15, 0.2) is 72.8 Å². The lowest BCUT2D eigenvalue weighted by Crippen LogP contribution is -2.65. The molecule has 1 aliphatic rings. The molecule has 1 saturated heterocycles. The third kappa shape index (κ3) is 4.09. The summed E-state index contributed by atoms with van der Waals surface area (Å²) in [5.74, 6) is 0. The van der Waals surface area contributed by atoms with E-state index in [1.165, 1.54) is 0 Å². The van der Waals surface area contributed by atoms with Gasteiger partial charge in [0.25, 0.3) is 8.32 Å². The monoisotopic (exact) mass is 382 g/mol. The summed E-state index contributed by atoms with van der Waals surface area (Å²) in [4.78, 5) is 12.1. The highest BCUT2D eigenvalue weighted by Crippen LogP contribution is 2.40. The van der Waals surface area contributed by atoms with Crippen molar-refractivity contribution in [1.29, 1.82) is 0 Å². The molecule has 0 aliphatic carbocycles. The fourth-order valence-corrected chi connectivity index (χ4v) is 7.40. The fourth-order valence-electron chi connectivity index (χ4n) is 3.65. The maximum Gasteiger partial charge on any atom is 0.258 e. The Kier molecular flexibility index (Phi) is 5.73. The van der Waals surface area contributed by atoms with Crippen LogP contribution in [0.5, 0.6) is 0 Å². The van der Waals surface area contributed by atoms with Crippen molar-refractivity contribution in [3.63, 3.8) is 0 Å². The Bertz CT molecular complexity index is 727. The fraction of sp³-hybridized carbons (Fsp3) is 0.391. The number of hydrogen-bond acceptors (Lipinski definition) is 3. The second kappa shape index (κ2) is 7.72. The van der Waals surface area contributed by atoms with Crippen molar-refractivity contribution in [2.24, 2.45) is 0 Å². The zero-order valence-electron chi connectivity index (χ0n) is 16.4. The van der Waals surface area contributed by atoms with Crippen molar-refractivity contribution in [1.82, 2.24) is 0 Å². The van der Waals surface area contributed by atoms with Crippen LogP contribution in [-0.4, -0.2) is 36.5 Å². The Labute approximate surface area is 163 Å². The van der Waals surface area contributed by atoms with Crippen molar-refractivity contribution in [3.8, 4) is 0 Å². The highest BCUT2D eigenvalue weighted by atomic mass is 28.4. The van der Waals surface area contributed by atoms with Gasteiger partial charge in [-0.15, -0.1) is 0 Å². The standard InChI is InChI=1S/C23H30O3Si/c1-22(2,17-11-10-16-21(24)23(3)18-26-23)27(25,19-12-6-4-7-13-19)20-14-8-5-9-15-20/h4-10,12-16,21,24-25H,11,17-18H2,1-3H3/b16-10-. The molecule has 2 aromatic rings. The number of aliphatic hydroxyl groups is 1. The van der Waals surface area contributed by atoms with E-state index in [4.69, 9.17) is 4.74 Å². The summed E-state index contributed by atoms with van der Waals surface area (Å²) < 4.78 is 5.29. The average molecular weight is 383 g/mol. The van der Waals surface area contributed by atoms with Gasteiger partial charge in [-0.2, -0.15) is 0 Å². The van der Waals surface area contributed by atoms with Crippen LogP contribution in [0.2, 0.25) is 5.04 Å². The molecule has 2 atom stereocenters. The van der Waals surface area contributed by atoms with E-state index >= 15 is 0 Å². The molecule has 2 unspecified atom stereocenters. The van der Waals surface area contributed by atoms with E-state index < -0.39 is 20.0 Å². The minimum atomic E-state index is -2.95. The minimum Gasteiger partial charge on any atom is -0.424 e. The van der Waals surface area contributed by atoms with E-state index in [9.17, 15) is 9.90 Å². The minimum absolute atomic E-state index is 0.273. The number of ether oxygens (including phenoxy) is 1. The van der Waals surface area contributed by atoms with Gasteiger partial charge in [-0.3, -0.25) is 0 Å². The first kappa shape index (κ1) is 20.0. The van der Waals surface area contributed by atoms with Gasteiger partial charge >= 0.3 is 0 Å². The highest BCUT2D eigenvalue weighted by Gasteiger charge is 2.49. The Morgan fingerprint density at radius 2 is 1.56 bits per heavy atom. The lowest BCUT2D eigenvalue weighted by Gasteiger charge is -2.41. The van der Waals surface area contributed by atoms with Crippen molar-refractivity contribution >= 4 is 18.7 Å². The molecule has 3 nitrogen and oxygen atoms in total. The molecule has 0 saturated carbocycles. The summed E-state index contributed by atoms with van der Waals surface area (Å²) in [6.45, 7) is 6.85. The number of allylic oxidation sites excluding steroid dienone is 1. The van der Waals surface area contributed by atoms with Crippen molar-refractivity contribution in [2.45, 2.75) is 50.4 Å². The molecule has 0 bridgehead atoms. The van der Waals surface area contributed by atoms with Gasteiger partial charge < -0.3 is 14.6 Å². The van der Waals surface area contributed by atoms with E-state index in [-0.39, 0.29) is 5.04 Å². The largest absolute Gasteiger partial charge is 0.424 e. The predicted octanol–water partition coefficient (Wildman–Crippen LogP) is 3.01. The normalized spacial score (nSPS) is 21.4. The Hall–Kier alpha value is -1.72. The molecule has 2 N–H and O–H groups in total. The molecule has 1 fully saturated rings. The summed E-state index contributed by atoms with van der Waals surface area (Å²) in [6.07, 6.45) is 4.91. The first-order valence-corrected chi connectivity index (χ1v) is 11.6. The number of aliphatic hydroxyl groups excluding tert-OH is 1. The molecule has 144 valence electrons. The van der Waals surface area contributed by atoms with E-state index in [0.717, 1.165) is 23.2 Å². The second-order valence-corrected chi connectivity index (χ2v) is 12.3. The van der Waals surface area contributed by atoms with E-state index in [1.807, 2.05) is 79.7 Å². The third-order valence-electron chi connectivity index (χ3n) is 5.84. The lowest BCUT2D eigenvalue weighted by atomic mass is 10.0. The second-order valence-electron chi connectivity index (χ2n) is 8.34. The summed E-state index contributed by atoms with van der Waals surface area (Å²) in [7, 11) is -2.95. The van der Waals surface area contributed by atoms with E-state index in [2.05, 4.69) is 13.8 Å². The van der Waals surface area contributed by atoms with Crippen LogP contribution in [0.25, 0.3) is 0 Å². The first-order valence-electron chi connectivity index (χ1n) is 9.62. The molecule has 3 rings (SSSR count). The molecule has 27 heavy (non-hydrogen) atoms. The predicted molar refractivity (Wildman–Crippen MR) is 113 cm³/mol. The van der Waals surface area contributed by atoms with E-state index in [1.54, 1.807) is 0 Å². The molecule has 0 radical (unpaired) electrons. The molecule has 1 aliphatic heterocycles. The quantitative estimate of drug-likeness (QED) is 0.419. The molecule has 2 aromatic carbocycles. The number of benzene rings is 2. The zero-order chi connectivity index (χ0) is 19.5. The summed E-state index contributed by atoms with van der Waals surface area (Å²) in [5, 5.41) is 11.9. The molecular formula is C23H30O3Si. The van der Waals surface area contributed by atoms with E-state index in [0.29, 0.717) is 6.61 Å². The van der Waals surface area contributed by atoms with Crippen molar-refractivity contribution in [3.05, 3.63) is 72.8 Å². The molecule has 0 aromatic heterocycles. The Balaban J connectivity index is 1.82. The van der Waals surface area contributed by atoms with Gasteiger partial charge in [0.05, 0.1) is 6.61 Å². The maximum absolute atomic E-state index is 12.1. The van der Waals surface area contributed by atoms with Gasteiger partial charge in [0.1, 0.15) is 11.7 Å².